The molecule has 118 valence electrons. The molecule has 2 saturated heterocycles. The van der Waals surface area contributed by atoms with Crippen LogP contribution >= 0.6 is 0 Å². The lowest BCUT2D eigenvalue weighted by atomic mass is 10.2. The maximum absolute atomic E-state index is 12.4. The third kappa shape index (κ3) is 2.67. The van der Waals surface area contributed by atoms with Gasteiger partial charge in [-0.15, -0.1) is 0 Å². The zero-order chi connectivity index (χ0) is 15.1. The van der Waals surface area contributed by atoms with Gasteiger partial charge in [0.05, 0.1) is 24.1 Å². The highest BCUT2D eigenvalue weighted by Gasteiger charge is 2.40. The number of carbonyl (C=O) groups is 1. The molecule has 6 nitrogen and oxygen atoms in total. The number of likely N-dealkylation sites (N-methyl/N-ethyl adjacent to an activating group) is 1. The molecule has 2 aliphatic heterocycles. The number of carbonyl (C=O) groups excluding carboxylic acids is 1. The van der Waals surface area contributed by atoms with Gasteiger partial charge in [0.25, 0.3) is 0 Å². The maximum Gasteiger partial charge on any atom is 0.239 e. The lowest BCUT2D eigenvalue weighted by Gasteiger charge is -2.21. The second-order valence-electron chi connectivity index (χ2n) is 6.65. The molecule has 2 unspecified atom stereocenters. The molecule has 1 aromatic rings. The first-order valence-corrected chi connectivity index (χ1v) is 8.18. The van der Waals surface area contributed by atoms with Crippen LogP contribution in [0.25, 0.3) is 0 Å². The van der Waals surface area contributed by atoms with E-state index in [-0.39, 0.29) is 18.1 Å². The van der Waals surface area contributed by atoms with E-state index in [0.717, 1.165) is 38.2 Å². The van der Waals surface area contributed by atoms with Crippen LogP contribution in [-0.2, 0) is 4.79 Å². The molecule has 0 bridgehead atoms. The lowest BCUT2D eigenvalue weighted by Crippen LogP contribution is -2.40. The van der Waals surface area contributed by atoms with Crippen molar-refractivity contribution < 1.29 is 9.53 Å². The topological polar surface area (TPSA) is 58.6 Å². The number of hydrogen-bond acceptors (Lipinski definition) is 5. The summed E-state index contributed by atoms with van der Waals surface area (Å²) in [4.78, 5) is 25.3. The summed E-state index contributed by atoms with van der Waals surface area (Å²) in [6.45, 7) is 2.62. The van der Waals surface area contributed by atoms with Gasteiger partial charge in [0.15, 0.2) is 0 Å². The van der Waals surface area contributed by atoms with E-state index in [1.807, 2.05) is 18.1 Å². The van der Waals surface area contributed by atoms with E-state index in [1.165, 1.54) is 12.8 Å². The predicted octanol–water partition coefficient (Wildman–Crippen LogP) is 1.04. The number of rotatable bonds is 3. The van der Waals surface area contributed by atoms with E-state index in [4.69, 9.17) is 4.74 Å². The standard InChI is InChI=1S/C16H22N4O2/c1-19-5-2-6-20-10-12(7-14(20)16(19)21)22-15-9-17-13(8-18-15)11-3-4-11/h8-9,11-12,14H,2-7,10H2,1H3. The Labute approximate surface area is 130 Å². The van der Waals surface area contributed by atoms with Crippen molar-refractivity contribution >= 4 is 5.91 Å². The number of amides is 1. The van der Waals surface area contributed by atoms with Gasteiger partial charge in [-0.05, 0) is 19.3 Å². The number of fused-ring (bicyclic) bond motifs is 1. The van der Waals surface area contributed by atoms with Gasteiger partial charge in [0.1, 0.15) is 6.10 Å². The highest BCUT2D eigenvalue weighted by molar-refractivity contribution is 5.82. The fourth-order valence-electron chi connectivity index (χ4n) is 3.47. The first kappa shape index (κ1) is 13.9. The molecule has 2 atom stereocenters. The second kappa shape index (κ2) is 5.50. The molecule has 1 aliphatic carbocycles. The Morgan fingerprint density at radius 3 is 2.82 bits per heavy atom. The monoisotopic (exact) mass is 302 g/mol. The smallest absolute Gasteiger partial charge is 0.239 e. The molecule has 4 rings (SSSR count). The highest BCUT2D eigenvalue weighted by Crippen LogP contribution is 2.38. The Morgan fingerprint density at radius 2 is 2.09 bits per heavy atom. The summed E-state index contributed by atoms with van der Waals surface area (Å²) in [6.07, 6.45) is 7.82. The van der Waals surface area contributed by atoms with Crippen LogP contribution in [0.15, 0.2) is 12.4 Å². The summed E-state index contributed by atoms with van der Waals surface area (Å²) >= 11 is 0. The van der Waals surface area contributed by atoms with Crippen molar-refractivity contribution in [2.75, 3.05) is 26.7 Å². The summed E-state index contributed by atoms with van der Waals surface area (Å²) in [5.74, 6) is 1.41. The molecule has 0 radical (unpaired) electrons. The summed E-state index contributed by atoms with van der Waals surface area (Å²) in [5.41, 5.74) is 1.07. The minimum absolute atomic E-state index is 0.0292. The molecule has 0 spiro atoms. The molecule has 0 aromatic carbocycles. The number of aromatic nitrogens is 2. The predicted molar refractivity (Wildman–Crippen MR) is 80.7 cm³/mol. The molecule has 3 heterocycles. The average Bonchev–Trinajstić information content (AvgIpc) is 3.30. The third-order valence-electron chi connectivity index (χ3n) is 4.90. The van der Waals surface area contributed by atoms with Crippen LogP contribution in [0.3, 0.4) is 0 Å². The van der Waals surface area contributed by atoms with Crippen LogP contribution in [-0.4, -0.2) is 64.5 Å². The van der Waals surface area contributed by atoms with Crippen LogP contribution < -0.4 is 4.74 Å². The summed E-state index contributed by atoms with van der Waals surface area (Å²) in [7, 11) is 1.89. The van der Waals surface area contributed by atoms with E-state index < -0.39 is 0 Å². The Balaban J connectivity index is 1.40. The third-order valence-corrected chi connectivity index (χ3v) is 4.90. The minimum Gasteiger partial charge on any atom is -0.472 e. The van der Waals surface area contributed by atoms with Crippen molar-refractivity contribution in [3.63, 3.8) is 0 Å². The molecule has 3 fully saturated rings. The van der Waals surface area contributed by atoms with Crippen molar-refractivity contribution in [3.8, 4) is 5.88 Å². The zero-order valence-corrected chi connectivity index (χ0v) is 12.9. The molecular formula is C16H22N4O2. The molecule has 22 heavy (non-hydrogen) atoms. The van der Waals surface area contributed by atoms with Crippen molar-refractivity contribution in [2.45, 2.75) is 43.7 Å². The highest BCUT2D eigenvalue weighted by atomic mass is 16.5. The molecule has 1 aromatic heterocycles. The molecule has 0 N–H and O–H groups in total. The van der Waals surface area contributed by atoms with Crippen LogP contribution in [0.4, 0.5) is 0 Å². The summed E-state index contributed by atoms with van der Waals surface area (Å²) < 4.78 is 5.96. The average molecular weight is 302 g/mol. The largest absolute Gasteiger partial charge is 0.472 e. The Kier molecular flexibility index (Phi) is 3.48. The van der Waals surface area contributed by atoms with Crippen molar-refractivity contribution in [2.24, 2.45) is 0 Å². The van der Waals surface area contributed by atoms with Crippen molar-refractivity contribution in [1.29, 1.82) is 0 Å². The van der Waals surface area contributed by atoms with Crippen molar-refractivity contribution in [3.05, 3.63) is 18.1 Å². The van der Waals surface area contributed by atoms with Crippen LogP contribution in [0.5, 0.6) is 5.88 Å². The van der Waals surface area contributed by atoms with E-state index >= 15 is 0 Å². The Hall–Kier alpha value is -1.69. The van der Waals surface area contributed by atoms with Gasteiger partial charge < -0.3 is 9.64 Å². The fraction of sp³-hybridized carbons (Fsp3) is 0.688. The van der Waals surface area contributed by atoms with E-state index in [1.54, 1.807) is 6.20 Å². The first-order chi connectivity index (χ1) is 10.7. The Morgan fingerprint density at radius 1 is 1.23 bits per heavy atom. The van der Waals surface area contributed by atoms with Gasteiger partial charge in [0.2, 0.25) is 11.8 Å². The minimum atomic E-state index is -0.0313. The Bertz CT molecular complexity index is 558. The summed E-state index contributed by atoms with van der Waals surface area (Å²) in [6, 6.07) is -0.0313. The second-order valence-corrected chi connectivity index (χ2v) is 6.65. The molecule has 3 aliphatic rings. The van der Waals surface area contributed by atoms with Gasteiger partial charge in [-0.3, -0.25) is 14.7 Å². The molecule has 6 heteroatoms. The summed E-state index contributed by atoms with van der Waals surface area (Å²) in [5, 5.41) is 0. The van der Waals surface area contributed by atoms with E-state index in [9.17, 15) is 4.79 Å². The zero-order valence-electron chi connectivity index (χ0n) is 12.9. The molecule has 1 saturated carbocycles. The van der Waals surface area contributed by atoms with Crippen LogP contribution in [0, 0.1) is 0 Å². The van der Waals surface area contributed by atoms with Crippen molar-refractivity contribution in [1.82, 2.24) is 19.8 Å². The van der Waals surface area contributed by atoms with E-state index in [0.29, 0.717) is 11.8 Å². The van der Waals surface area contributed by atoms with Gasteiger partial charge in [-0.2, -0.15) is 0 Å². The molecule has 1 amide bonds. The quantitative estimate of drug-likeness (QED) is 0.835. The lowest BCUT2D eigenvalue weighted by molar-refractivity contribution is -0.133. The van der Waals surface area contributed by atoms with Gasteiger partial charge in [0, 0.05) is 39.0 Å². The number of ether oxygens (including phenoxy) is 1. The normalized spacial score (nSPS) is 29.3. The van der Waals surface area contributed by atoms with Gasteiger partial charge in [-0.1, -0.05) is 0 Å². The number of hydrogen-bond donors (Lipinski definition) is 0. The van der Waals surface area contributed by atoms with Gasteiger partial charge >= 0.3 is 0 Å². The molecular weight excluding hydrogens is 280 g/mol. The maximum atomic E-state index is 12.4. The van der Waals surface area contributed by atoms with Gasteiger partial charge in [-0.25, -0.2) is 4.98 Å². The van der Waals surface area contributed by atoms with Crippen LogP contribution in [0.1, 0.15) is 37.3 Å². The van der Waals surface area contributed by atoms with Crippen LogP contribution in [0.2, 0.25) is 0 Å². The fourth-order valence-corrected chi connectivity index (χ4v) is 3.47. The number of nitrogens with zero attached hydrogens (tertiary/aromatic N) is 4. The van der Waals surface area contributed by atoms with E-state index in [2.05, 4.69) is 14.9 Å². The first-order valence-electron chi connectivity index (χ1n) is 8.18. The SMILES string of the molecule is CN1CCCN2CC(Oc3cnc(C4CC4)cn3)CC2C1=O.